The van der Waals surface area contributed by atoms with E-state index in [9.17, 15) is 10.5 Å². The number of aryl methyl sites for hydroxylation is 1. The number of imidazole rings is 1. The SMILES string of the molecule is C=C1/C=C(C#N)\C=C(\C)C/C=C(/C(NSC(C)(C)C)(c2ccc(C#N)cc2)c2cncn2C)S1. The lowest BCUT2D eigenvalue weighted by Crippen LogP contribution is -2.44. The van der Waals surface area contributed by atoms with Gasteiger partial charge in [0.1, 0.15) is 5.54 Å². The summed E-state index contributed by atoms with van der Waals surface area (Å²) in [6, 6.07) is 12.2. The highest BCUT2D eigenvalue weighted by Crippen LogP contribution is 2.47. The summed E-state index contributed by atoms with van der Waals surface area (Å²) < 4.78 is 5.76. The fourth-order valence-corrected chi connectivity index (χ4v) is 5.54. The van der Waals surface area contributed by atoms with Gasteiger partial charge in [-0.25, -0.2) is 9.71 Å². The molecule has 174 valence electrons. The highest BCUT2D eigenvalue weighted by molar-refractivity contribution is 8.07. The number of nitrogens with one attached hydrogen (secondary N) is 1. The Morgan fingerprint density at radius 3 is 2.41 bits per heavy atom. The molecular formula is C27H29N5S2. The van der Waals surface area contributed by atoms with E-state index in [2.05, 4.69) is 55.3 Å². The molecule has 2 heterocycles. The Morgan fingerprint density at radius 1 is 1.15 bits per heavy atom. The lowest BCUT2D eigenvalue weighted by molar-refractivity contribution is 0.561. The molecule has 7 heteroatoms. The zero-order valence-electron chi connectivity index (χ0n) is 20.2. The molecule has 5 nitrogen and oxygen atoms in total. The van der Waals surface area contributed by atoms with Gasteiger partial charge in [0, 0.05) is 21.6 Å². The van der Waals surface area contributed by atoms with Gasteiger partial charge in [-0.2, -0.15) is 10.5 Å². The maximum absolute atomic E-state index is 9.56. The Hall–Kier alpha value is -2.97. The molecule has 1 N–H and O–H groups in total. The van der Waals surface area contributed by atoms with Crippen molar-refractivity contribution >= 4 is 23.7 Å². The van der Waals surface area contributed by atoms with Crippen LogP contribution in [0.1, 0.15) is 50.9 Å². The topological polar surface area (TPSA) is 77.4 Å². The summed E-state index contributed by atoms with van der Waals surface area (Å²) in [5.74, 6) is 0. The van der Waals surface area contributed by atoms with Crippen molar-refractivity contribution in [2.24, 2.45) is 7.05 Å². The van der Waals surface area contributed by atoms with E-state index in [-0.39, 0.29) is 4.75 Å². The second-order valence-electron chi connectivity index (χ2n) is 9.19. The van der Waals surface area contributed by atoms with Crippen LogP contribution < -0.4 is 4.72 Å². The van der Waals surface area contributed by atoms with E-state index in [1.54, 1.807) is 30.0 Å². The van der Waals surface area contributed by atoms with Crippen LogP contribution in [-0.4, -0.2) is 14.3 Å². The zero-order chi connectivity index (χ0) is 24.9. The Balaban J connectivity index is 2.31. The van der Waals surface area contributed by atoms with Crippen molar-refractivity contribution in [3.05, 3.63) is 99.4 Å². The maximum atomic E-state index is 9.56. The van der Waals surface area contributed by atoms with Crippen LogP contribution in [-0.2, 0) is 12.6 Å². The molecule has 0 saturated carbocycles. The van der Waals surface area contributed by atoms with Crippen molar-refractivity contribution in [1.29, 1.82) is 10.5 Å². The molecule has 1 aliphatic heterocycles. The predicted octanol–water partition coefficient (Wildman–Crippen LogP) is 6.50. The molecule has 2 aromatic rings. The third kappa shape index (κ3) is 5.74. The second kappa shape index (κ2) is 10.5. The molecule has 0 saturated heterocycles. The van der Waals surface area contributed by atoms with Gasteiger partial charge in [0.15, 0.2) is 0 Å². The number of nitrogens with zero attached hydrogens (tertiary/aromatic N) is 4. The van der Waals surface area contributed by atoms with Crippen molar-refractivity contribution in [1.82, 2.24) is 14.3 Å². The van der Waals surface area contributed by atoms with Crippen molar-refractivity contribution in [3.63, 3.8) is 0 Å². The first-order chi connectivity index (χ1) is 16.1. The van der Waals surface area contributed by atoms with Crippen LogP contribution in [0.25, 0.3) is 0 Å². The molecule has 1 unspecified atom stereocenters. The molecule has 0 spiro atoms. The lowest BCUT2D eigenvalue weighted by Gasteiger charge is -2.39. The molecule has 0 amide bonds. The number of nitriles is 2. The Kier molecular flexibility index (Phi) is 7.94. The number of benzene rings is 1. The van der Waals surface area contributed by atoms with Crippen molar-refractivity contribution < 1.29 is 0 Å². The van der Waals surface area contributed by atoms with E-state index in [1.807, 2.05) is 61.2 Å². The van der Waals surface area contributed by atoms with E-state index < -0.39 is 5.54 Å². The number of hydrogen-bond acceptors (Lipinski definition) is 6. The van der Waals surface area contributed by atoms with Gasteiger partial charge in [0.05, 0.1) is 41.5 Å². The van der Waals surface area contributed by atoms with Crippen LogP contribution in [0.5, 0.6) is 0 Å². The molecule has 3 rings (SSSR count). The molecule has 1 aromatic carbocycles. The number of thioether (sulfide) groups is 1. The summed E-state index contributed by atoms with van der Waals surface area (Å²) >= 11 is 3.20. The molecule has 0 bridgehead atoms. The molecule has 1 aliphatic rings. The molecular weight excluding hydrogens is 458 g/mol. The fraction of sp³-hybridized carbons (Fsp3) is 0.296. The van der Waals surface area contributed by atoms with Crippen LogP contribution in [0.4, 0.5) is 0 Å². The number of aromatic nitrogens is 2. The molecule has 1 atom stereocenters. The van der Waals surface area contributed by atoms with E-state index in [0.717, 1.165) is 26.6 Å². The quantitative estimate of drug-likeness (QED) is 0.485. The molecule has 0 fully saturated rings. The van der Waals surface area contributed by atoms with Crippen LogP contribution in [0.2, 0.25) is 0 Å². The normalized spacial score (nSPS) is 21.1. The van der Waals surface area contributed by atoms with E-state index in [4.69, 9.17) is 0 Å². The number of allylic oxidation sites excluding steroid dienone is 5. The Bertz CT molecular complexity index is 1240. The third-order valence-corrected chi connectivity index (χ3v) is 7.32. The van der Waals surface area contributed by atoms with Gasteiger partial charge < -0.3 is 4.57 Å². The summed E-state index contributed by atoms with van der Waals surface area (Å²) in [6.45, 7) is 12.8. The summed E-state index contributed by atoms with van der Waals surface area (Å²) in [4.78, 5) is 6.25. The van der Waals surface area contributed by atoms with Crippen molar-refractivity contribution in [2.45, 2.75) is 44.4 Å². The largest absolute Gasteiger partial charge is 0.335 e. The maximum Gasteiger partial charge on any atom is 0.126 e. The monoisotopic (exact) mass is 487 g/mol. The smallest absolute Gasteiger partial charge is 0.126 e. The van der Waals surface area contributed by atoms with Crippen LogP contribution in [0.3, 0.4) is 0 Å². The standard InChI is InChI=1S/C27H29N5S2/c1-19-7-12-25(33-20(2)14-22(13-19)16-29)27(31-34-26(3,4)5,24-17-30-18-32(24)6)23-10-8-21(15-28)9-11-23/h8-14,17-18,31H,2,7H2,1,3-6H3/b19-13-,22-14+,25-12-. The summed E-state index contributed by atoms with van der Waals surface area (Å²) in [5, 5.41) is 18.9. The van der Waals surface area contributed by atoms with Gasteiger partial charge in [-0.3, -0.25) is 0 Å². The van der Waals surface area contributed by atoms with Crippen LogP contribution in [0, 0.1) is 22.7 Å². The van der Waals surface area contributed by atoms with Gasteiger partial charge in [-0.05, 0) is 64.0 Å². The van der Waals surface area contributed by atoms with Crippen molar-refractivity contribution in [3.8, 4) is 12.1 Å². The summed E-state index contributed by atoms with van der Waals surface area (Å²) in [7, 11) is 1.98. The molecule has 0 radical (unpaired) electrons. The summed E-state index contributed by atoms with van der Waals surface area (Å²) in [5.41, 5.74) is 3.46. The first-order valence-corrected chi connectivity index (χ1v) is 12.5. The van der Waals surface area contributed by atoms with E-state index in [1.165, 1.54) is 0 Å². The fourth-order valence-electron chi connectivity index (χ4n) is 3.62. The minimum absolute atomic E-state index is 0.0686. The van der Waals surface area contributed by atoms with Crippen LogP contribution >= 0.6 is 23.7 Å². The van der Waals surface area contributed by atoms with Gasteiger partial charge in [0.25, 0.3) is 0 Å². The molecule has 0 aliphatic carbocycles. The minimum atomic E-state index is -0.768. The Morgan fingerprint density at radius 2 is 1.85 bits per heavy atom. The van der Waals surface area contributed by atoms with Gasteiger partial charge in [0.2, 0.25) is 0 Å². The number of hydrogen-bond donors (Lipinski definition) is 1. The highest BCUT2D eigenvalue weighted by atomic mass is 32.2. The second-order valence-corrected chi connectivity index (χ2v) is 12.0. The summed E-state index contributed by atoms with van der Waals surface area (Å²) in [6.07, 6.45) is 10.3. The first kappa shape index (κ1) is 25.6. The van der Waals surface area contributed by atoms with Gasteiger partial charge >= 0.3 is 0 Å². The van der Waals surface area contributed by atoms with E-state index >= 15 is 0 Å². The third-order valence-electron chi connectivity index (χ3n) is 5.23. The highest BCUT2D eigenvalue weighted by Gasteiger charge is 2.42. The molecule has 1 aromatic heterocycles. The van der Waals surface area contributed by atoms with Gasteiger partial charge in [-0.15, -0.1) is 0 Å². The predicted molar refractivity (Wildman–Crippen MR) is 143 cm³/mol. The van der Waals surface area contributed by atoms with Crippen LogP contribution in [0.15, 0.2) is 82.6 Å². The lowest BCUT2D eigenvalue weighted by atomic mass is 9.86. The zero-order valence-corrected chi connectivity index (χ0v) is 21.8. The first-order valence-electron chi connectivity index (χ1n) is 10.9. The average molecular weight is 488 g/mol. The number of rotatable bonds is 5. The van der Waals surface area contributed by atoms with Crippen molar-refractivity contribution in [2.75, 3.05) is 0 Å². The Labute approximate surface area is 211 Å². The minimum Gasteiger partial charge on any atom is -0.335 e. The van der Waals surface area contributed by atoms with Gasteiger partial charge in [-0.1, -0.05) is 54.1 Å². The van der Waals surface area contributed by atoms with E-state index in [0.29, 0.717) is 17.6 Å². The molecule has 34 heavy (non-hydrogen) atoms. The average Bonchev–Trinajstić information content (AvgIpc) is 3.24.